The molecule has 6 nitrogen and oxygen atoms in total. The van der Waals surface area contributed by atoms with Crippen LogP contribution < -0.4 is 0 Å². The molecule has 0 aromatic carbocycles. The molecule has 0 spiro atoms. The van der Waals surface area contributed by atoms with E-state index in [9.17, 15) is 0 Å². The standard InChI is InChI=1S/C12H13ClN6/c13-18-6-11-14-3-4-19(11)12(7-18)15-10-5-9(16-17-10)8-1-2-8/h3-5,8H,1-2,6-7H2,(H,16,17). The fourth-order valence-electron chi connectivity index (χ4n) is 2.33. The predicted octanol–water partition coefficient (Wildman–Crippen LogP) is 2.03. The number of aromatic amines is 1. The van der Waals surface area contributed by atoms with Crippen LogP contribution in [0.15, 0.2) is 23.5 Å². The van der Waals surface area contributed by atoms with Crippen LogP contribution >= 0.6 is 11.8 Å². The highest BCUT2D eigenvalue weighted by Crippen LogP contribution is 2.39. The molecular weight excluding hydrogens is 264 g/mol. The van der Waals surface area contributed by atoms with E-state index in [1.807, 2.05) is 16.8 Å². The van der Waals surface area contributed by atoms with Gasteiger partial charge in [-0.05, 0) is 24.6 Å². The minimum absolute atomic E-state index is 0.580. The lowest BCUT2D eigenvalue weighted by Crippen LogP contribution is -2.34. The first-order valence-corrected chi connectivity index (χ1v) is 6.69. The third-order valence-corrected chi connectivity index (χ3v) is 3.71. The molecular formula is C12H13ClN6. The maximum atomic E-state index is 6.10. The van der Waals surface area contributed by atoms with E-state index in [4.69, 9.17) is 11.8 Å². The van der Waals surface area contributed by atoms with Crippen molar-refractivity contribution in [3.05, 3.63) is 30.0 Å². The Morgan fingerprint density at radius 2 is 2.26 bits per heavy atom. The molecule has 0 amide bonds. The van der Waals surface area contributed by atoms with Crippen LogP contribution in [0.4, 0.5) is 5.82 Å². The molecule has 0 atom stereocenters. The maximum Gasteiger partial charge on any atom is 0.175 e. The summed E-state index contributed by atoms with van der Waals surface area (Å²) in [6, 6.07) is 2.02. The lowest BCUT2D eigenvalue weighted by molar-refractivity contribution is 0.464. The molecule has 1 saturated carbocycles. The van der Waals surface area contributed by atoms with E-state index in [0.29, 0.717) is 24.8 Å². The summed E-state index contributed by atoms with van der Waals surface area (Å²) in [6.07, 6.45) is 6.17. The van der Waals surface area contributed by atoms with Crippen LogP contribution in [0, 0.1) is 0 Å². The molecule has 1 N–H and O–H groups in total. The second-order valence-electron chi connectivity index (χ2n) is 4.98. The Hall–Kier alpha value is -1.66. The molecule has 0 radical (unpaired) electrons. The molecule has 7 heteroatoms. The topological polar surface area (TPSA) is 62.1 Å². The highest BCUT2D eigenvalue weighted by molar-refractivity contribution is 6.15. The molecule has 4 rings (SSSR count). The smallest absolute Gasteiger partial charge is 0.175 e. The van der Waals surface area contributed by atoms with Gasteiger partial charge in [0.25, 0.3) is 0 Å². The van der Waals surface area contributed by atoms with Gasteiger partial charge in [0.05, 0.1) is 13.1 Å². The summed E-state index contributed by atoms with van der Waals surface area (Å²) >= 11 is 6.10. The van der Waals surface area contributed by atoms with E-state index in [-0.39, 0.29) is 0 Å². The first-order chi connectivity index (χ1) is 9.29. The van der Waals surface area contributed by atoms with Crippen molar-refractivity contribution < 1.29 is 0 Å². The van der Waals surface area contributed by atoms with Crippen LogP contribution in [0.3, 0.4) is 0 Å². The Kier molecular flexibility index (Phi) is 2.46. The minimum atomic E-state index is 0.580. The number of fused-ring (bicyclic) bond motifs is 1. The second kappa shape index (κ2) is 4.18. The van der Waals surface area contributed by atoms with Crippen LogP contribution in [0.5, 0.6) is 0 Å². The number of imidazole rings is 1. The van der Waals surface area contributed by atoms with E-state index < -0.39 is 0 Å². The number of halogens is 1. The summed E-state index contributed by atoms with van der Waals surface area (Å²) in [5.74, 6) is 3.12. The zero-order chi connectivity index (χ0) is 12.8. The Bertz CT molecular complexity index is 638. The number of aliphatic imine (C=N–C) groups is 1. The molecule has 0 bridgehead atoms. The van der Waals surface area contributed by atoms with Gasteiger partial charge in [-0.1, -0.05) is 0 Å². The minimum Gasteiger partial charge on any atom is -0.289 e. The largest absolute Gasteiger partial charge is 0.289 e. The fourth-order valence-corrected chi connectivity index (χ4v) is 2.55. The first-order valence-electron chi connectivity index (χ1n) is 6.36. The van der Waals surface area contributed by atoms with Gasteiger partial charge in [0.2, 0.25) is 0 Å². The molecule has 1 fully saturated rings. The SMILES string of the molecule is ClN1CC(=Nc2cc(C3CC3)[nH]n2)n2ccnc2C1. The Morgan fingerprint density at radius 3 is 3.11 bits per heavy atom. The van der Waals surface area contributed by atoms with Gasteiger partial charge in [-0.3, -0.25) is 9.67 Å². The number of nitrogens with zero attached hydrogens (tertiary/aromatic N) is 5. The molecule has 2 aliphatic rings. The number of H-pyrrole nitrogens is 1. The van der Waals surface area contributed by atoms with E-state index in [2.05, 4.69) is 20.2 Å². The average Bonchev–Trinajstić information content (AvgIpc) is 2.95. The Balaban J connectivity index is 1.69. The summed E-state index contributed by atoms with van der Waals surface area (Å²) in [4.78, 5) is 8.85. The van der Waals surface area contributed by atoms with Gasteiger partial charge in [0.15, 0.2) is 5.82 Å². The number of hydrogen-bond acceptors (Lipinski definition) is 4. The van der Waals surface area contributed by atoms with Crippen LogP contribution in [-0.2, 0) is 6.54 Å². The summed E-state index contributed by atoms with van der Waals surface area (Å²) in [5.41, 5.74) is 1.18. The van der Waals surface area contributed by atoms with Crippen molar-refractivity contribution in [3.8, 4) is 0 Å². The monoisotopic (exact) mass is 276 g/mol. The van der Waals surface area contributed by atoms with E-state index in [1.54, 1.807) is 10.6 Å². The van der Waals surface area contributed by atoms with Gasteiger partial charge >= 0.3 is 0 Å². The van der Waals surface area contributed by atoms with Crippen molar-refractivity contribution in [3.63, 3.8) is 0 Å². The van der Waals surface area contributed by atoms with Crippen molar-refractivity contribution in [2.45, 2.75) is 25.3 Å². The lowest BCUT2D eigenvalue weighted by atomic mass is 10.3. The molecule has 2 aromatic rings. The molecule has 98 valence electrons. The van der Waals surface area contributed by atoms with Crippen molar-refractivity contribution >= 4 is 23.4 Å². The van der Waals surface area contributed by atoms with Gasteiger partial charge in [-0.2, -0.15) is 5.10 Å². The number of nitrogens with one attached hydrogen (secondary N) is 1. The molecule has 0 unspecified atom stereocenters. The van der Waals surface area contributed by atoms with Gasteiger partial charge in [0.1, 0.15) is 11.7 Å². The zero-order valence-corrected chi connectivity index (χ0v) is 11.0. The predicted molar refractivity (Wildman–Crippen MR) is 71.5 cm³/mol. The van der Waals surface area contributed by atoms with Crippen LogP contribution in [-0.4, -0.2) is 36.5 Å². The fraction of sp³-hybridized carbons (Fsp3) is 0.417. The van der Waals surface area contributed by atoms with E-state index in [0.717, 1.165) is 11.7 Å². The first kappa shape index (κ1) is 11.2. The molecule has 3 heterocycles. The third-order valence-electron chi connectivity index (χ3n) is 3.47. The van der Waals surface area contributed by atoms with Crippen molar-refractivity contribution in [1.29, 1.82) is 0 Å². The van der Waals surface area contributed by atoms with Crippen molar-refractivity contribution in [1.82, 2.24) is 24.2 Å². The van der Waals surface area contributed by atoms with E-state index in [1.165, 1.54) is 18.5 Å². The van der Waals surface area contributed by atoms with Gasteiger partial charge in [-0.25, -0.2) is 14.4 Å². The van der Waals surface area contributed by atoms with Crippen molar-refractivity contribution in [2.75, 3.05) is 6.54 Å². The summed E-state index contributed by atoms with van der Waals surface area (Å²) in [5, 5.41) is 7.30. The summed E-state index contributed by atoms with van der Waals surface area (Å²) < 4.78 is 3.65. The van der Waals surface area contributed by atoms with Gasteiger partial charge in [-0.15, -0.1) is 0 Å². The molecule has 19 heavy (non-hydrogen) atoms. The molecule has 0 saturated heterocycles. The average molecular weight is 277 g/mol. The van der Waals surface area contributed by atoms with E-state index >= 15 is 0 Å². The summed E-state index contributed by atoms with van der Waals surface area (Å²) in [6.45, 7) is 1.21. The molecule has 1 aliphatic carbocycles. The van der Waals surface area contributed by atoms with Crippen LogP contribution in [0.25, 0.3) is 0 Å². The third kappa shape index (κ3) is 2.06. The quantitative estimate of drug-likeness (QED) is 0.854. The second-order valence-corrected chi connectivity index (χ2v) is 5.45. The normalized spacial score (nSPS) is 21.8. The van der Waals surface area contributed by atoms with Crippen molar-refractivity contribution in [2.24, 2.45) is 4.99 Å². The highest BCUT2D eigenvalue weighted by atomic mass is 35.5. The zero-order valence-electron chi connectivity index (χ0n) is 10.3. The van der Waals surface area contributed by atoms with Gasteiger partial charge < -0.3 is 0 Å². The number of hydrogen-bond donors (Lipinski definition) is 1. The van der Waals surface area contributed by atoms with Gasteiger partial charge in [0, 0.05) is 30.1 Å². The number of rotatable bonds is 2. The Labute approximate surface area is 115 Å². The maximum absolute atomic E-state index is 6.10. The molecule has 1 aliphatic heterocycles. The van der Waals surface area contributed by atoms with Crippen LogP contribution in [0.1, 0.15) is 30.3 Å². The molecule has 2 aromatic heterocycles. The Morgan fingerprint density at radius 1 is 1.37 bits per heavy atom. The van der Waals surface area contributed by atoms with Crippen LogP contribution in [0.2, 0.25) is 0 Å². The highest BCUT2D eigenvalue weighted by Gasteiger charge is 2.26. The number of aromatic nitrogens is 4. The lowest BCUT2D eigenvalue weighted by Gasteiger charge is -2.22. The summed E-state index contributed by atoms with van der Waals surface area (Å²) in [7, 11) is 0.